The van der Waals surface area contributed by atoms with Crippen molar-refractivity contribution in [1.82, 2.24) is 4.90 Å². The highest BCUT2D eigenvalue weighted by atomic mass is 16.5. The summed E-state index contributed by atoms with van der Waals surface area (Å²) in [4.78, 5) is 15.4. The highest BCUT2D eigenvalue weighted by molar-refractivity contribution is 5.93. The van der Waals surface area contributed by atoms with Crippen LogP contribution in [0.25, 0.3) is 0 Å². The number of hydrogen-bond donors (Lipinski definition) is 1. The fourth-order valence-corrected chi connectivity index (χ4v) is 4.49. The van der Waals surface area contributed by atoms with Crippen molar-refractivity contribution in [3.05, 3.63) is 47.5 Å². The smallest absolute Gasteiger partial charge is 0.238 e. The molecule has 6 heteroatoms. The summed E-state index contributed by atoms with van der Waals surface area (Å²) in [6.07, 6.45) is 5.72. The molecule has 0 radical (unpaired) electrons. The normalized spacial score (nSPS) is 17.9. The van der Waals surface area contributed by atoms with E-state index in [1.54, 1.807) is 33.5 Å². The van der Waals surface area contributed by atoms with Crippen LogP contribution in [0.4, 0.5) is 5.69 Å². The Morgan fingerprint density at radius 2 is 1.73 bits per heavy atom. The lowest BCUT2D eigenvalue weighted by Crippen LogP contribution is -2.39. The second kappa shape index (κ2) is 8.96. The minimum absolute atomic E-state index is 0.0285. The molecule has 0 spiro atoms. The van der Waals surface area contributed by atoms with Crippen LogP contribution in [0, 0.1) is 0 Å². The first kappa shape index (κ1) is 20.5. The highest BCUT2D eigenvalue weighted by Gasteiger charge is 2.37. The third-order valence-electron chi connectivity index (χ3n) is 6.03. The summed E-state index contributed by atoms with van der Waals surface area (Å²) in [7, 11) is 4.70. The van der Waals surface area contributed by atoms with Gasteiger partial charge in [0.15, 0.2) is 11.5 Å². The summed E-state index contributed by atoms with van der Waals surface area (Å²) in [5, 5.41) is 3.02. The van der Waals surface area contributed by atoms with Gasteiger partial charge in [0.1, 0.15) is 0 Å². The lowest BCUT2D eigenvalue weighted by Gasteiger charge is -2.35. The van der Waals surface area contributed by atoms with Gasteiger partial charge >= 0.3 is 0 Å². The predicted molar refractivity (Wildman–Crippen MR) is 117 cm³/mol. The topological polar surface area (TPSA) is 60.0 Å². The molecule has 2 aromatic rings. The molecule has 0 heterocycles. The highest BCUT2D eigenvalue weighted by Crippen LogP contribution is 2.41. The van der Waals surface area contributed by atoms with Gasteiger partial charge in [-0.2, -0.15) is 0 Å². The van der Waals surface area contributed by atoms with Crippen LogP contribution in [0.1, 0.15) is 42.9 Å². The Balaban J connectivity index is 1.52. The average molecular weight is 411 g/mol. The SMILES string of the molecule is COc1cc(NC(=O)CN(C2CC2)C2CCCc3ccccc32)cc(OC)c1OC. The molecule has 1 saturated carbocycles. The molecule has 2 aliphatic rings. The third kappa shape index (κ3) is 4.24. The monoisotopic (exact) mass is 410 g/mol. The Kier molecular flexibility index (Phi) is 6.13. The first-order valence-electron chi connectivity index (χ1n) is 10.6. The first-order chi connectivity index (χ1) is 14.6. The summed E-state index contributed by atoms with van der Waals surface area (Å²) in [6, 6.07) is 13.0. The van der Waals surface area contributed by atoms with E-state index in [-0.39, 0.29) is 5.91 Å². The molecule has 6 nitrogen and oxygen atoms in total. The van der Waals surface area contributed by atoms with E-state index in [0.29, 0.717) is 41.6 Å². The Morgan fingerprint density at radius 1 is 1.03 bits per heavy atom. The molecule has 2 aromatic carbocycles. The van der Waals surface area contributed by atoms with Crippen molar-refractivity contribution >= 4 is 11.6 Å². The lowest BCUT2D eigenvalue weighted by atomic mass is 9.86. The van der Waals surface area contributed by atoms with Crippen molar-refractivity contribution in [2.45, 2.75) is 44.2 Å². The largest absolute Gasteiger partial charge is 0.493 e. The molecule has 0 aliphatic heterocycles. The number of rotatable bonds is 8. The number of hydrogen-bond acceptors (Lipinski definition) is 5. The Hall–Kier alpha value is -2.73. The fourth-order valence-electron chi connectivity index (χ4n) is 4.49. The zero-order valence-electron chi connectivity index (χ0n) is 17.9. The van der Waals surface area contributed by atoms with Gasteiger partial charge in [-0.3, -0.25) is 9.69 Å². The second-order valence-corrected chi connectivity index (χ2v) is 7.97. The minimum atomic E-state index is -0.0285. The van der Waals surface area contributed by atoms with Crippen LogP contribution >= 0.6 is 0 Å². The van der Waals surface area contributed by atoms with Crippen LogP contribution in [0.3, 0.4) is 0 Å². The van der Waals surface area contributed by atoms with Gasteiger partial charge in [-0.05, 0) is 43.2 Å². The second-order valence-electron chi connectivity index (χ2n) is 7.97. The van der Waals surface area contributed by atoms with Crippen LogP contribution in [0.15, 0.2) is 36.4 Å². The molecule has 30 heavy (non-hydrogen) atoms. The maximum atomic E-state index is 13.0. The van der Waals surface area contributed by atoms with Gasteiger partial charge in [0.25, 0.3) is 0 Å². The van der Waals surface area contributed by atoms with Crippen LogP contribution in [-0.2, 0) is 11.2 Å². The third-order valence-corrected chi connectivity index (χ3v) is 6.03. The van der Waals surface area contributed by atoms with E-state index in [1.807, 2.05) is 0 Å². The van der Waals surface area contributed by atoms with Gasteiger partial charge in [-0.25, -0.2) is 0 Å². The maximum Gasteiger partial charge on any atom is 0.238 e. The van der Waals surface area contributed by atoms with Crippen molar-refractivity contribution in [2.24, 2.45) is 0 Å². The Labute approximate surface area is 178 Å². The van der Waals surface area contributed by atoms with E-state index in [9.17, 15) is 4.79 Å². The molecule has 4 rings (SSSR count). The summed E-state index contributed by atoms with van der Waals surface area (Å²) in [5.41, 5.74) is 3.44. The first-order valence-corrected chi connectivity index (χ1v) is 10.6. The average Bonchev–Trinajstić information content (AvgIpc) is 3.61. The molecular weight excluding hydrogens is 380 g/mol. The standard InChI is InChI=1S/C24H30N2O4/c1-28-21-13-17(14-22(29-2)24(21)30-3)25-23(27)15-26(18-11-12-18)20-10-6-8-16-7-4-5-9-19(16)20/h4-5,7,9,13-14,18,20H,6,8,10-12,15H2,1-3H3,(H,25,27). The van der Waals surface area contributed by atoms with Gasteiger partial charge in [0.2, 0.25) is 11.7 Å². The van der Waals surface area contributed by atoms with Crippen LogP contribution in [0.2, 0.25) is 0 Å². The number of nitrogens with one attached hydrogen (secondary N) is 1. The molecule has 1 atom stereocenters. The number of methoxy groups -OCH3 is 3. The number of benzene rings is 2. The van der Waals surface area contributed by atoms with Gasteiger partial charge in [0, 0.05) is 29.9 Å². The molecule has 1 unspecified atom stereocenters. The Morgan fingerprint density at radius 3 is 2.37 bits per heavy atom. The molecule has 2 aliphatic carbocycles. The molecular formula is C24H30N2O4. The summed E-state index contributed by atoms with van der Waals surface area (Å²) < 4.78 is 16.2. The summed E-state index contributed by atoms with van der Waals surface area (Å²) in [5.74, 6) is 1.52. The number of amides is 1. The lowest BCUT2D eigenvalue weighted by molar-refractivity contribution is -0.118. The molecule has 0 bridgehead atoms. The summed E-state index contributed by atoms with van der Waals surface area (Å²) in [6.45, 7) is 0.375. The molecule has 0 aromatic heterocycles. The zero-order valence-corrected chi connectivity index (χ0v) is 17.9. The van der Waals surface area contributed by atoms with Gasteiger partial charge in [-0.1, -0.05) is 24.3 Å². The van der Waals surface area contributed by atoms with Crippen LogP contribution in [0.5, 0.6) is 17.2 Å². The number of nitrogens with zero attached hydrogens (tertiary/aromatic N) is 1. The summed E-state index contributed by atoms with van der Waals surface area (Å²) >= 11 is 0. The van der Waals surface area contributed by atoms with Gasteiger partial charge < -0.3 is 19.5 Å². The van der Waals surface area contributed by atoms with Crippen molar-refractivity contribution in [3.63, 3.8) is 0 Å². The van der Waals surface area contributed by atoms with Gasteiger partial charge in [-0.15, -0.1) is 0 Å². The van der Waals surface area contributed by atoms with Crippen molar-refractivity contribution < 1.29 is 19.0 Å². The van der Waals surface area contributed by atoms with Crippen LogP contribution < -0.4 is 19.5 Å². The number of carbonyl (C=O) groups excluding carboxylic acids is 1. The molecule has 1 fully saturated rings. The Bertz CT molecular complexity index is 885. The quantitative estimate of drug-likeness (QED) is 0.707. The number of fused-ring (bicyclic) bond motifs is 1. The van der Waals surface area contributed by atoms with E-state index in [2.05, 4.69) is 34.5 Å². The molecule has 160 valence electrons. The van der Waals surface area contributed by atoms with E-state index in [4.69, 9.17) is 14.2 Å². The van der Waals surface area contributed by atoms with Gasteiger partial charge in [0.05, 0.1) is 27.9 Å². The number of ether oxygens (including phenoxy) is 3. The fraction of sp³-hybridized carbons (Fsp3) is 0.458. The van der Waals surface area contributed by atoms with E-state index in [0.717, 1.165) is 25.7 Å². The van der Waals surface area contributed by atoms with Crippen molar-refractivity contribution in [2.75, 3.05) is 33.2 Å². The number of anilines is 1. The molecule has 1 N–H and O–H groups in total. The maximum absolute atomic E-state index is 13.0. The van der Waals surface area contributed by atoms with Crippen molar-refractivity contribution in [1.29, 1.82) is 0 Å². The van der Waals surface area contributed by atoms with E-state index in [1.165, 1.54) is 17.5 Å². The zero-order chi connectivity index (χ0) is 21.1. The predicted octanol–water partition coefficient (Wildman–Crippen LogP) is 4.19. The molecule has 0 saturated heterocycles. The number of carbonyl (C=O) groups is 1. The van der Waals surface area contributed by atoms with Crippen LogP contribution in [-0.4, -0.2) is 44.7 Å². The van der Waals surface area contributed by atoms with E-state index < -0.39 is 0 Å². The van der Waals surface area contributed by atoms with E-state index >= 15 is 0 Å². The molecule has 1 amide bonds. The van der Waals surface area contributed by atoms with Crippen molar-refractivity contribution in [3.8, 4) is 17.2 Å². The number of aryl methyl sites for hydroxylation is 1. The minimum Gasteiger partial charge on any atom is -0.493 e.